The van der Waals surface area contributed by atoms with Crippen LogP contribution in [0.25, 0.3) is 0 Å². The summed E-state index contributed by atoms with van der Waals surface area (Å²) in [6, 6.07) is 19.4. The van der Waals surface area contributed by atoms with Gasteiger partial charge in [-0.05, 0) is 67.6 Å². The minimum absolute atomic E-state index is 0.118. The summed E-state index contributed by atoms with van der Waals surface area (Å²) in [5.74, 6) is 0.104. The predicted octanol–water partition coefficient (Wildman–Crippen LogP) is 6.39. The topological polar surface area (TPSA) is 147 Å². The van der Waals surface area contributed by atoms with Crippen molar-refractivity contribution in [2.24, 2.45) is 10.8 Å². The van der Waals surface area contributed by atoms with Crippen molar-refractivity contribution < 1.29 is 33.4 Å². The molecule has 1 saturated heterocycles. The molecule has 1 unspecified atom stereocenters. The number of hydrogen-bond acceptors (Lipinski definition) is 8. The maximum absolute atomic E-state index is 13.3. The molecule has 2 aliphatic heterocycles. The van der Waals surface area contributed by atoms with Crippen molar-refractivity contribution in [1.82, 2.24) is 15.5 Å². The number of imide groups is 1. The number of nitrogens with zero attached hydrogens (tertiary/aromatic N) is 2. The van der Waals surface area contributed by atoms with E-state index in [0.717, 1.165) is 31.2 Å². The van der Waals surface area contributed by atoms with Crippen molar-refractivity contribution in [3.05, 3.63) is 93.5 Å². The number of piperidine rings is 1. The van der Waals surface area contributed by atoms with Crippen LogP contribution in [0.2, 0.25) is 5.02 Å². The zero-order valence-electron chi connectivity index (χ0n) is 31.2. The Morgan fingerprint density at radius 1 is 0.981 bits per heavy atom. The average molecular weight is 755 g/mol. The number of halogens is 1. The Hall–Kier alpha value is -4.92. The number of aryl methyl sites for hydroxylation is 1. The van der Waals surface area contributed by atoms with Gasteiger partial charge in [0, 0.05) is 52.7 Å². The number of nitrogens with one attached hydrogen (secondary N) is 2. The molecule has 284 valence electrons. The number of amides is 4. The van der Waals surface area contributed by atoms with Gasteiger partial charge in [-0.3, -0.25) is 24.5 Å². The van der Waals surface area contributed by atoms with E-state index >= 15 is 0 Å². The van der Waals surface area contributed by atoms with E-state index in [2.05, 4.69) is 44.4 Å². The van der Waals surface area contributed by atoms with E-state index in [4.69, 9.17) is 25.8 Å². The molecule has 1 saturated carbocycles. The second kappa shape index (κ2) is 16.2. The summed E-state index contributed by atoms with van der Waals surface area (Å²) in [6.07, 6.45) is 4.16. The zero-order valence-corrected chi connectivity index (χ0v) is 32.0. The molecule has 6 rings (SSSR count). The van der Waals surface area contributed by atoms with Gasteiger partial charge in [0.2, 0.25) is 11.8 Å². The summed E-state index contributed by atoms with van der Waals surface area (Å²) < 4.78 is 18.1. The molecule has 54 heavy (non-hydrogen) atoms. The number of ether oxygens (including phenoxy) is 3. The molecule has 3 aliphatic rings. The van der Waals surface area contributed by atoms with E-state index in [1.807, 2.05) is 30.3 Å². The molecule has 1 aliphatic carbocycles. The molecule has 2 N–H and O–H groups in total. The van der Waals surface area contributed by atoms with Crippen LogP contribution < -0.4 is 20.1 Å². The van der Waals surface area contributed by atoms with Gasteiger partial charge in [-0.25, -0.2) is 0 Å². The van der Waals surface area contributed by atoms with Gasteiger partial charge in [0.15, 0.2) is 0 Å². The van der Waals surface area contributed by atoms with Crippen LogP contribution in [0.1, 0.15) is 97.2 Å². The Bertz CT molecular complexity index is 1940. The van der Waals surface area contributed by atoms with E-state index < -0.39 is 11.9 Å². The van der Waals surface area contributed by atoms with Gasteiger partial charge in [-0.15, -0.1) is 0 Å². The van der Waals surface area contributed by atoms with Gasteiger partial charge < -0.3 is 24.4 Å². The molecule has 0 bridgehead atoms. The van der Waals surface area contributed by atoms with Crippen LogP contribution in [0.15, 0.2) is 60.7 Å². The van der Waals surface area contributed by atoms with Crippen LogP contribution in [0.3, 0.4) is 0 Å². The second-order valence-corrected chi connectivity index (χ2v) is 15.9. The average Bonchev–Trinajstić information content (AvgIpc) is 3.48. The van der Waals surface area contributed by atoms with Crippen LogP contribution in [-0.2, 0) is 27.3 Å². The molecule has 3 aromatic carbocycles. The molecule has 2 heterocycles. The first-order chi connectivity index (χ1) is 25.8. The normalized spacial score (nSPS) is 21.1. The third kappa shape index (κ3) is 8.10. The Morgan fingerprint density at radius 3 is 2.44 bits per heavy atom. The largest absolute Gasteiger partial charge is 0.491 e. The number of carbonyl (C=O) groups is 4. The molecule has 2 fully saturated rings. The van der Waals surface area contributed by atoms with E-state index in [0.29, 0.717) is 59.5 Å². The van der Waals surface area contributed by atoms with Gasteiger partial charge in [0.1, 0.15) is 36.3 Å². The van der Waals surface area contributed by atoms with Crippen molar-refractivity contribution in [3.63, 3.8) is 0 Å². The van der Waals surface area contributed by atoms with Crippen LogP contribution >= 0.6 is 11.6 Å². The number of rotatable bonds is 15. The molecular formula is C42H47ClN4O7. The van der Waals surface area contributed by atoms with Gasteiger partial charge in [0.05, 0.1) is 23.7 Å². The zero-order chi connectivity index (χ0) is 38.6. The Balaban J connectivity index is 0.873. The molecule has 0 spiro atoms. The number of fused-ring (bicyclic) bond motifs is 1. The van der Waals surface area contributed by atoms with Crippen LogP contribution in [0.5, 0.6) is 11.5 Å². The second-order valence-electron chi connectivity index (χ2n) is 15.5. The number of unbranched alkanes of at least 4 members (excludes halogenated alkanes) is 2. The molecule has 12 heteroatoms. The fraction of sp³-hybridized carbons (Fsp3) is 0.452. The first-order valence-corrected chi connectivity index (χ1v) is 18.9. The number of carbonyl (C=O) groups excluding carboxylic acids is 4. The quantitative estimate of drug-likeness (QED) is 0.134. The van der Waals surface area contributed by atoms with Crippen molar-refractivity contribution in [3.8, 4) is 17.6 Å². The smallest absolute Gasteiger partial charge is 0.255 e. The van der Waals surface area contributed by atoms with Crippen molar-refractivity contribution in [1.29, 1.82) is 5.26 Å². The van der Waals surface area contributed by atoms with E-state index in [1.165, 1.54) is 10.5 Å². The standard InChI is InChI=1S/C42H47ClN4O7/c1-41(2)39(42(3,4)40(41)54-29-17-16-28(24-44)32(43)23-29)46-36(49)27-14-12-26(13-15-27)9-6-5-7-20-52-21-22-53-34-11-8-10-30-31(34)25-47(38(30)51)33-18-19-35(48)45-37(33)50/h8,10-17,23,33,39-40H,5-7,9,18-22,25H2,1-4H3,(H,46,49)(H,45,48,50). The Morgan fingerprint density at radius 2 is 1.74 bits per heavy atom. The first kappa shape index (κ1) is 38.8. The third-order valence-electron chi connectivity index (χ3n) is 10.9. The summed E-state index contributed by atoms with van der Waals surface area (Å²) in [5.41, 5.74) is 2.76. The van der Waals surface area contributed by atoms with E-state index in [9.17, 15) is 24.4 Å². The summed E-state index contributed by atoms with van der Waals surface area (Å²) in [5, 5.41) is 15.1. The molecular weight excluding hydrogens is 708 g/mol. The third-order valence-corrected chi connectivity index (χ3v) is 11.2. The van der Waals surface area contributed by atoms with Gasteiger partial charge >= 0.3 is 0 Å². The molecule has 11 nitrogen and oxygen atoms in total. The minimum atomic E-state index is -0.664. The summed E-state index contributed by atoms with van der Waals surface area (Å²) in [7, 11) is 0. The lowest BCUT2D eigenvalue weighted by Gasteiger charge is -2.63. The molecule has 3 aromatic rings. The fourth-order valence-electron chi connectivity index (χ4n) is 8.35. The van der Waals surface area contributed by atoms with Crippen LogP contribution in [0.4, 0.5) is 0 Å². The maximum atomic E-state index is 13.3. The van der Waals surface area contributed by atoms with Gasteiger partial charge in [-0.2, -0.15) is 5.26 Å². The minimum Gasteiger partial charge on any atom is -0.491 e. The summed E-state index contributed by atoms with van der Waals surface area (Å²) >= 11 is 6.22. The highest BCUT2D eigenvalue weighted by molar-refractivity contribution is 6.31. The monoisotopic (exact) mass is 754 g/mol. The van der Waals surface area contributed by atoms with Crippen molar-refractivity contribution in [2.75, 3.05) is 19.8 Å². The number of benzene rings is 3. The molecule has 1 atom stereocenters. The SMILES string of the molecule is CC1(C)C(NC(=O)c2ccc(CCCCCOCCOc3cccc4c3CN(C3CCC(=O)NC3=O)C4=O)cc2)C(C)(C)C1Oc1ccc(C#N)c(Cl)c1. The number of hydrogen-bond donors (Lipinski definition) is 2. The van der Waals surface area contributed by atoms with E-state index in [-0.39, 0.29) is 53.7 Å². The van der Waals surface area contributed by atoms with Crippen LogP contribution in [-0.4, -0.2) is 66.5 Å². The highest BCUT2D eigenvalue weighted by Crippen LogP contribution is 2.55. The molecule has 0 aromatic heterocycles. The summed E-state index contributed by atoms with van der Waals surface area (Å²) in [4.78, 5) is 51.7. The molecule has 4 amide bonds. The van der Waals surface area contributed by atoms with Gasteiger partial charge in [0.25, 0.3) is 11.8 Å². The van der Waals surface area contributed by atoms with Crippen molar-refractivity contribution >= 4 is 35.2 Å². The van der Waals surface area contributed by atoms with Crippen LogP contribution in [0, 0.1) is 22.2 Å². The van der Waals surface area contributed by atoms with E-state index in [1.54, 1.807) is 30.3 Å². The highest BCUT2D eigenvalue weighted by Gasteiger charge is 2.64. The lowest BCUT2D eigenvalue weighted by Crippen LogP contribution is -2.74. The lowest BCUT2D eigenvalue weighted by atomic mass is 9.49. The predicted molar refractivity (Wildman–Crippen MR) is 202 cm³/mol. The first-order valence-electron chi connectivity index (χ1n) is 18.5. The number of nitriles is 1. The maximum Gasteiger partial charge on any atom is 0.255 e. The Kier molecular flexibility index (Phi) is 11.6. The summed E-state index contributed by atoms with van der Waals surface area (Å²) in [6.45, 7) is 9.96. The van der Waals surface area contributed by atoms with Crippen molar-refractivity contribution in [2.45, 2.75) is 91.0 Å². The van der Waals surface area contributed by atoms with Gasteiger partial charge in [-0.1, -0.05) is 63.9 Å². The fourth-order valence-corrected chi connectivity index (χ4v) is 8.56. The Labute approximate surface area is 321 Å². The highest BCUT2D eigenvalue weighted by atomic mass is 35.5. The lowest BCUT2D eigenvalue weighted by molar-refractivity contribution is -0.164. The molecule has 0 radical (unpaired) electrons.